The third-order valence-electron chi connectivity index (χ3n) is 0.549. The molecule has 0 aliphatic heterocycles. The average Bonchev–Trinajstić information content (AvgIpc) is 1.61. The zero-order valence-corrected chi connectivity index (χ0v) is 11.0. The van der Waals surface area contributed by atoms with Gasteiger partial charge in [0, 0.05) is 13.0 Å². The van der Waals surface area contributed by atoms with Gasteiger partial charge in [-0.05, 0) is 6.42 Å². The molecule has 0 amide bonds. The Morgan fingerprint density at radius 3 is 2.12 bits per heavy atom. The molecule has 0 aromatic rings. The molecule has 8 heavy (non-hydrogen) atoms. The minimum atomic E-state index is -0.853. The number of carboxylic acids is 1. The standard InChI is InChI=1S/C4H8O3.Rf/c5-3-1-2-4(6)7;/h5H,1-3H2,(H,6,7);. The summed E-state index contributed by atoms with van der Waals surface area (Å²) >= 11 is 0. The Morgan fingerprint density at radius 1 is 1.50 bits per heavy atom. The molecule has 0 heterocycles. The van der Waals surface area contributed by atoms with Crippen molar-refractivity contribution in [2.24, 2.45) is 0 Å². The van der Waals surface area contributed by atoms with Crippen LogP contribution in [0, 0.1) is 0 Å². The second-order valence-electron chi connectivity index (χ2n) is 1.22. The van der Waals surface area contributed by atoms with E-state index in [-0.39, 0.29) is 13.0 Å². The summed E-state index contributed by atoms with van der Waals surface area (Å²) in [5.74, 6) is -0.853. The van der Waals surface area contributed by atoms with Gasteiger partial charge in [0.25, 0.3) is 0 Å². The molecule has 0 aromatic heterocycles. The summed E-state index contributed by atoms with van der Waals surface area (Å²) in [6, 6.07) is 0. The SMILES string of the molecule is O=C(O)CCCO.[Rf]. The van der Waals surface area contributed by atoms with Crippen molar-refractivity contribution in [2.75, 3.05) is 6.61 Å². The number of aliphatic hydroxyl groups is 1. The van der Waals surface area contributed by atoms with Gasteiger partial charge in [0.15, 0.2) is 0 Å². The molecule has 2 N–H and O–H groups in total. The minimum Gasteiger partial charge on any atom is -0.481 e. The molecule has 0 aromatic carbocycles. The summed E-state index contributed by atoms with van der Waals surface area (Å²) in [6.45, 7) is -0.0354. The second kappa shape index (κ2) is 5.43. The van der Waals surface area contributed by atoms with Crippen molar-refractivity contribution in [1.29, 1.82) is 0 Å². The Hall–Kier alpha value is -1.57. The molecule has 0 atom stereocenters. The van der Waals surface area contributed by atoms with Gasteiger partial charge in [0.05, 0.1) is 0 Å². The summed E-state index contributed by atoms with van der Waals surface area (Å²) in [6.07, 6.45) is 0.422. The van der Waals surface area contributed by atoms with E-state index in [9.17, 15) is 4.79 Å². The van der Waals surface area contributed by atoms with E-state index in [1.165, 1.54) is 0 Å². The molecule has 0 fully saturated rings. The monoisotopic (exact) mass is 371 g/mol. The minimum absolute atomic E-state index is 0. The quantitative estimate of drug-likeness (QED) is 0.726. The maximum absolute atomic E-state index is 9.65. The van der Waals surface area contributed by atoms with Crippen molar-refractivity contribution in [3.63, 3.8) is 0 Å². The van der Waals surface area contributed by atoms with Gasteiger partial charge in [-0.15, -0.1) is 0 Å². The second-order valence-corrected chi connectivity index (χ2v) is 1.22. The van der Waals surface area contributed by atoms with Crippen LogP contribution in [-0.4, -0.2) is 22.8 Å². The number of carboxylic acid groups (broad SMARTS) is 1. The smallest absolute Gasteiger partial charge is 0.303 e. The predicted octanol–water partition coefficient (Wildman–Crippen LogP) is -0.157. The molecule has 0 bridgehead atoms. The third kappa shape index (κ3) is 8.83. The Morgan fingerprint density at radius 2 is 2.00 bits per heavy atom. The van der Waals surface area contributed by atoms with E-state index in [4.69, 9.17) is 10.2 Å². The number of hydrogen-bond donors (Lipinski definition) is 2. The number of aliphatic carboxylic acids is 1. The summed E-state index contributed by atoms with van der Waals surface area (Å²) in [7, 11) is 0. The van der Waals surface area contributed by atoms with Gasteiger partial charge in [0.1, 0.15) is 0 Å². The van der Waals surface area contributed by atoms with E-state index < -0.39 is 5.97 Å². The van der Waals surface area contributed by atoms with E-state index in [1.54, 1.807) is 0 Å². The topological polar surface area (TPSA) is 57.5 Å². The van der Waals surface area contributed by atoms with Crippen molar-refractivity contribution in [3.8, 4) is 0 Å². The zero-order chi connectivity index (χ0) is 5.70. The van der Waals surface area contributed by atoms with Gasteiger partial charge in [-0.3, -0.25) is 4.79 Å². The fourth-order valence-corrected chi connectivity index (χ4v) is 0.230. The van der Waals surface area contributed by atoms with Gasteiger partial charge >= 0.3 is 5.97 Å². The Labute approximate surface area is 41.6 Å². The number of carbonyl (C=O) groups is 1. The molecule has 0 spiro atoms. The van der Waals surface area contributed by atoms with Crippen LogP contribution in [0.1, 0.15) is 12.8 Å². The first-order chi connectivity index (χ1) is 3.27. The van der Waals surface area contributed by atoms with E-state index in [0.29, 0.717) is 6.42 Å². The first kappa shape index (κ1) is 9.66. The normalized spacial score (nSPS) is 7.62. The van der Waals surface area contributed by atoms with Crippen molar-refractivity contribution >= 4 is 5.97 Å². The van der Waals surface area contributed by atoms with E-state index in [2.05, 4.69) is 0 Å². The van der Waals surface area contributed by atoms with Crippen LogP contribution in [0.3, 0.4) is 0 Å². The molecular weight excluding hydrogens is 363 g/mol. The van der Waals surface area contributed by atoms with Crippen molar-refractivity contribution in [2.45, 2.75) is 12.8 Å². The number of rotatable bonds is 3. The Balaban J connectivity index is 0. The Kier molecular flexibility index (Phi) is 6.56. The number of aliphatic hydroxyl groups excluding tert-OH is 1. The predicted molar refractivity (Wildman–Crippen MR) is 24.0 cm³/mol. The van der Waals surface area contributed by atoms with Gasteiger partial charge in [-0.1, -0.05) is 0 Å². The summed E-state index contributed by atoms with van der Waals surface area (Å²) in [5, 5.41) is 16.0. The van der Waals surface area contributed by atoms with Crippen molar-refractivity contribution < 1.29 is 15.0 Å². The molecule has 0 aliphatic rings. The third-order valence-corrected chi connectivity index (χ3v) is 0.549. The molecular formula is C4H8O3Rf. The summed E-state index contributed by atoms with van der Waals surface area (Å²) in [4.78, 5) is 9.65. The molecule has 44 valence electrons. The van der Waals surface area contributed by atoms with Crippen LogP contribution >= 0.6 is 0 Å². The van der Waals surface area contributed by atoms with Crippen molar-refractivity contribution in [3.05, 3.63) is 0 Å². The van der Waals surface area contributed by atoms with Gasteiger partial charge < -0.3 is 10.2 Å². The molecule has 0 radical (unpaired) electrons. The van der Waals surface area contributed by atoms with Gasteiger partial charge in [0.2, 0.25) is 0 Å². The largest absolute Gasteiger partial charge is 0.481 e. The summed E-state index contributed by atoms with van der Waals surface area (Å²) in [5.41, 5.74) is 0. The van der Waals surface area contributed by atoms with Crippen molar-refractivity contribution in [1.82, 2.24) is 0 Å². The molecule has 0 saturated heterocycles. The van der Waals surface area contributed by atoms with Crippen LogP contribution in [0.5, 0.6) is 0 Å². The maximum Gasteiger partial charge on any atom is 0.303 e. The van der Waals surface area contributed by atoms with E-state index in [1.807, 2.05) is 0 Å². The van der Waals surface area contributed by atoms with Gasteiger partial charge in [-0.25, -0.2) is 0 Å². The fourth-order valence-electron chi connectivity index (χ4n) is 0.230. The molecule has 3 nitrogen and oxygen atoms in total. The summed E-state index contributed by atoms with van der Waals surface area (Å²) < 4.78 is 0. The Bertz CT molecular complexity index is 64.3. The van der Waals surface area contributed by atoms with Crippen LogP contribution in [0.25, 0.3) is 0 Å². The van der Waals surface area contributed by atoms with Crippen LogP contribution in [0.2, 0.25) is 0 Å². The maximum atomic E-state index is 9.65. The van der Waals surface area contributed by atoms with Crippen LogP contribution in [0.4, 0.5) is 0 Å². The number of hydrogen-bond acceptors (Lipinski definition) is 2. The average molecular weight is 371 g/mol. The van der Waals surface area contributed by atoms with Crippen LogP contribution in [-0.2, 0) is 4.79 Å². The first-order valence-electron chi connectivity index (χ1n) is 2.10. The van der Waals surface area contributed by atoms with E-state index in [0.717, 1.165) is 0 Å². The zero-order valence-electron chi connectivity index (χ0n) is 4.63. The van der Waals surface area contributed by atoms with Gasteiger partial charge in [-0.2, -0.15) is 0 Å². The first-order valence-corrected chi connectivity index (χ1v) is 2.10. The molecule has 0 unspecified atom stereocenters. The molecule has 4 heteroatoms. The van der Waals surface area contributed by atoms with Crippen LogP contribution < -0.4 is 0 Å². The van der Waals surface area contributed by atoms with E-state index >= 15 is 0 Å². The molecule has 0 aliphatic carbocycles. The molecule has 0 saturated carbocycles. The fraction of sp³-hybridized carbons (Fsp3) is 0.750. The molecule has 0 rings (SSSR count). The van der Waals surface area contributed by atoms with Crippen LogP contribution in [0.15, 0.2) is 0 Å².